The van der Waals surface area contributed by atoms with Gasteiger partial charge in [0.1, 0.15) is 15.3 Å². The van der Waals surface area contributed by atoms with Crippen LogP contribution in [0.2, 0.25) is 0 Å². The molecule has 9 heteroatoms. The van der Waals surface area contributed by atoms with Gasteiger partial charge in [-0.3, -0.25) is 14.2 Å². The van der Waals surface area contributed by atoms with Crippen molar-refractivity contribution in [1.29, 1.82) is 5.26 Å². The van der Waals surface area contributed by atoms with Gasteiger partial charge < -0.3 is 20.6 Å². The number of aliphatic hydroxyl groups excluding tert-OH is 1. The van der Waals surface area contributed by atoms with Crippen molar-refractivity contribution in [3.05, 3.63) is 49.4 Å². The second kappa shape index (κ2) is 12.9. The number of amides is 1. The number of nitriles is 1. The van der Waals surface area contributed by atoms with Crippen LogP contribution in [-0.4, -0.2) is 52.3 Å². The molecular formula is C30H41N5O3S. The first kappa shape index (κ1) is 29.1. The van der Waals surface area contributed by atoms with E-state index in [1.807, 2.05) is 18.2 Å². The molecule has 39 heavy (non-hydrogen) atoms. The summed E-state index contributed by atoms with van der Waals surface area (Å²) >= 11 is 1.11. The van der Waals surface area contributed by atoms with E-state index in [0.717, 1.165) is 41.8 Å². The molecule has 2 aromatic rings. The lowest BCUT2D eigenvalue weighted by atomic mass is 9.75. The molecular weight excluding hydrogens is 510 g/mol. The summed E-state index contributed by atoms with van der Waals surface area (Å²) < 4.78 is 2.16. The Kier molecular flexibility index (Phi) is 9.65. The predicted molar refractivity (Wildman–Crippen MR) is 157 cm³/mol. The molecule has 0 bridgehead atoms. The average Bonchev–Trinajstić information content (AvgIpc) is 3.25. The smallest absolute Gasteiger partial charge is 0.270 e. The monoisotopic (exact) mass is 551 g/mol. The number of fused-ring (bicyclic) bond motifs is 1. The number of thiazole rings is 1. The molecule has 0 unspecified atom stereocenters. The van der Waals surface area contributed by atoms with Gasteiger partial charge in [-0.2, -0.15) is 5.26 Å². The van der Waals surface area contributed by atoms with Gasteiger partial charge in [-0.05, 0) is 76.1 Å². The van der Waals surface area contributed by atoms with Gasteiger partial charge >= 0.3 is 0 Å². The zero-order chi connectivity index (χ0) is 28.0. The van der Waals surface area contributed by atoms with Crippen molar-refractivity contribution in [3.8, 4) is 6.07 Å². The van der Waals surface area contributed by atoms with Crippen molar-refractivity contribution in [2.24, 2.45) is 11.8 Å². The van der Waals surface area contributed by atoms with Crippen LogP contribution in [0.15, 0.2) is 29.1 Å². The Hall–Kier alpha value is -2.93. The molecule has 3 N–H and O–H groups in total. The number of carbonyl (C=O) groups excluding carboxylic acids is 1. The van der Waals surface area contributed by atoms with Crippen LogP contribution in [0.3, 0.4) is 0 Å². The molecule has 4 rings (SSSR count). The SMILES string of the molecule is CCn1c(=O)c(=CNc2cccc(CCN3CC[C@H]4CCCC[C@@H]4C3)c2)s/c1=C(/C#N)C(=O)NC(C)(C)CO. The molecule has 2 heterocycles. The molecule has 2 aliphatic rings. The first-order valence-corrected chi connectivity index (χ1v) is 14.9. The highest BCUT2D eigenvalue weighted by molar-refractivity contribution is 7.07. The minimum Gasteiger partial charge on any atom is -0.394 e. The number of aromatic nitrogens is 1. The highest BCUT2D eigenvalue weighted by Crippen LogP contribution is 2.36. The number of likely N-dealkylation sites (tertiary alicyclic amines) is 1. The number of piperidine rings is 1. The zero-order valence-electron chi connectivity index (χ0n) is 23.3. The Morgan fingerprint density at radius 3 is 2.74 bits per heavy atom. The van der Waals surface area contributed by atoms with Crippen LogP contribution >= 0.6 is 11.3 Å². The summed E-state index contributed by atoms with van der Waals surface area (Å²) in [5, 5.41) is 25.1. The van der Waals surface area contributed by atoms with Gasteiger partial charge in [-0.1, -0.05) is 31.4 Å². The average molecular weight is 552 g/mol. The highest BCUT2D eigenvalue weighted by Gasteiger charge is 2.30. The van der Waals surface area contributed by atoms with Gasteiger partial charge in [0.25, 0.3) is 11.5 Å². The van der Waals surface area contributed by atoms with Gasteiger partial charge in [0.05, 0.1) is 12.1 Å². The molecule has 0 radical (unpaired) electrons. The van der Waals surface area contributed by atoms with Crippen LogP contribution in [0.4, 0.5) is 5.69 Å². The fourth-order valence-electron chi connectivity index (χ4n) is 5.73. The van der Waals surface area contributed by atoms with Gasteiger partial charge in [-0.15, -0.1) is 11.3 Å². The van der Waals surface area contributed by atoms with E-state index >= 15 is 0 Å². The molecule has 1 saturated carbocycles. The number of rotatable bonds is 9. The Labute approximate surface area is 234 Å². The summed E-state index contributed by atoms with van der Waals surface area (Å²) in [4.78, 5) is 28.5. The number of nitrogens with one attached hydrogen (secondary N) is 2. The summed E-state index contributed by atoms with van der Waals surface area (Å²) in [5.41, 5.74) is 0.860. The van der Waals surface area contributed by atoms with Gasteiger partial charge in [-0.25, -0.2) is 0 Å². The van der Waals surface area contributed by atoms with Crippen molar-refractivity contribution in [2.75, 3.05) is 31.6 Å². The lowest BCUT2D eigenvalue weighted by Crippen LogP contribution is -2.47. The van der Waals surface area contributed by atoms with Gasteiger partial charge in [0.2, 0.25) is 0 Å². The highest BCUT2D eigenvalue weighted by atomic mass is 32.1. The van der Waals surface area contributed by atoms with E-state index in [4.69, 9.17) is 0 Å². The Balaban J connectivity index is 1.48. The molecule has 0 spiro atoms. The minimum atomic E-state index is -0.887. The molecule has 2 atom stereocenters. The second-order valence-electron chi connectivity index (χ2n) is 11.4. The number of nitrogens with zero attached hydrogens (tertiary/aromatic N) is 3. The molecule has 1 aliphatic heterocycles. The van der Waals surface area contributed by atoms with Crippen LogP contribution < -0.4 is 25.4 Å². The van der Waals surface area contributed by atoms with Crippen LogP contribution in [0.5, 0.6) is 0 Å². The third-order valence-corrected chi connectivity index (χ3v) is 9.14. The normalized spacial score (nSPS) is 21.2. The molecule has 1 aromatic heterocycles. The molecule has 210 valence electrons. The van der Waals surface area contributed by atoms with E-state index in [1.165, 1.54) is 55.3 Å². The molecule has 1 aliphatic carbocycles. The zero-order valence-corrected chi connectivity index (χ0v) is 24.1. The molecule has 2 fully saturated rings. The van der Waals surface area contributed by atoms with Crippen molar-refractivity contribution in [2.45, 2.75) is 71.4 Å². The van der Waals surface area contributed by atoms with E-state index in [1.54, 1.807) is 27.0 Å². The summed E-state index contributed by atoms with van der Waals surface area (Å²) in [5.74, 6) is 1.21. The van der Waals surface area contributed by atoms with Crippen molar-refractivity contribution in [3.63, 3.8) is 0 Å². The fourth-order valence-corrected chi connectivity index (χ4v) is 6.82. The molecule has 1 aromatic carbocycles. The van der Waals surface area contributed by atoms with Crippen molar-refractivity contribution in [1.82, 2.24) is 14.8 Å². The summed E-state index contributed by atoms with van der Waals surface area (Å²) in [6.07, 6.45) is 9.58. The number of carbonyl (C=O) groups is 1. The predicted octanol–water partition coefficient (Wildman–Crippen LogP) is 2.40. The first-order valence-electron chi connectivity index (χ1n) is 14.1. The quantitative estimate of drug-likeness (QED) is 0.442. The van der Waals surface area contributed by atoms with Gasteiger partial charge in [0, 0.05) is 31.5 Å². The molecule has 1 saturated heterocycles. The number of hydrogen-bond acceptors (Lipinski definition) is 7. The maximum absolute atomic E-state index is 13.1. The lowest BCUT2D eigenvalue weighted by molar-refractivity contribution is -0.117. The number of anilines is 1. The molecule has 8 nitrogen and oxygen atoms in total. The summed E-state index contributed by atoms with van der Waals surface area (Å²) in [6, 6.07) is 10.2. The van der Waals surface area contributed by atoms with E-state index in [-0.39, 0.29) is 17.7 Å². The van der Waals surface area contributed by atoms with Crippen LogP contribution in [0, 0.1) is 23.2 Å². The minimum absolute atomic E-state index is 0.139. The van der Waals surface area contributed by atoms with E-state index in [9.17, 15) is 20.0 Å². The second-order valence-corrected chi connectivity index (χ2v) is 12.5. The lowest BCUT2D eigenvalue weighted by Gasteiger charge is -2.41. The maximum atomic E-state index is 13.1. The van der Waals surface area contributed by atoms with E-state index in [2.05, 4.69) is 27.7 Å². The fraction of sp³-hybridized carbons (Fsp3) is 0.567. The maximum Gasteiger partial charge on any atom is 0.270 e. The Morgan fingerprint density at radius 2 is 2.03 bits per heavy atom. The Morgan fingerprint density at radius 1 is 1.26 bits per heavy atom. The third-order valence-electron chi connectivity index (χ3n) is 8.01. The van der Waals surface area contributed by atoms with E-state index < -0.39 is 11.4 Å². The van der Waals surface area contributed by atoms with Crippen molar-refractivity contribution >= 4 is 34.7 Å². The van der Waals surface area contributed by atoms with E-state index in [0.29, 0.717) is 15.7 Å². The van der Waals surface area contributed by atoms with Crippen LogP contribution in [0.25, 0.3) is 11.8 Å². The topological polar surface area (TPSA) is 110 Å². The number of hydrogen-bond donors (Lipinski definition) is 3. The van der Waals surface area contributed by atoms with Crippen LogP contribution in [-0.2, 0) is 17.8 Å². The number of benzene rings is 1. The van der Waals surface area contributed by atoms with Gasteiger partial charge in [0.15, 0.2) is 5.57 Å². The summed E-state index contributed by atoms with van der Waals surface area (Å²) in [7, 11) is 0. The first-order chi connectivity index (χ1) is 18.7. The third kappa shape index (κ3) is 7.18. The van der Waals surface area contributed by atoms with Crippen molar-refractivity contribution < 1.29 is 9.90 Å². The van der Waals surface area contributed by atoms with Crippen LogP contribution in [0.1, 0.15) is 58.4 Å². The largest absolute Gasteiger partial charge is 0.394 e. The summed E-state index contributed by atoms with van der Waals surface area (Å²) in [6.45, 7) is 8.69. The Bertz CT molecular complexity index is 1390. The molecule has 1 amide bonds. The number of aliphatic hydroxyl groups is 1. The standard InChI is InChI=1S/C30H41N5O3S/c1-4-35-28(38)26(39-29(35)25(17-31)27(37)33-30(2,3)20-36)18-32-24-11-7-8-21(16-24)12-14-34-15-13-22-9-5-6-10-23(22)19-34/h7-8,11,16,18,22-23,32,36H,4-6,9-10,12-15,19-20H2,1-3H3,(H,33,37)/b26-18?,29-25-/t22-,23-/m1/s1.